The molecule has 0 bridgehead atoms. The Balaban J connectivity index is 0. The van der Waals surface area contributed by atoms with Crippen LogP contribution in [0.1, 0.15) is 0 Å². The summed E-state index contributed by atoms with van der Waals surface area (Å²) in [5, 5.41) is 0. The third-order valence-electron chi connectivity index (χ3n) is 0.406. The quantitative estimate of drug-likeness (QED) is 0.513. The molecule has 58 valence electrons. The lowest BCUT2D eigenvalue weighted by Gasteiger charge is -1.46. The highest BCUT2D eigenvalue weighted by Crippen LogP contribution is 1.98. The fourth-order valence-corrected chi connectivity index (χ4v) is 0.215. The molecule has 7 heteroatoms. The van der Waals surface area contributed by atoms with Gasteiger partial charge < -0.3 is 4.98 Å². The summed E-state index contributed by atoms with van der Waals surface area (Å²) in [7, 11) is -2.87. The van der Waals surface area contributed by atoms with Gasteiger partial charge in [0.25, 0.3) is 0 Å². The van der Waals surface area contributed by atoms with Crippen LogP contribution in [-0.4, -0.2) is 19.8 Å². The molecule has 0 radical (unpaired) electrons. The molecule has 5 nitrogen and oxygen atoms in total. The molecule has 0 atom stereocenters. The molecule has 1 aromatic heterocycles. The molecule has 0 aliphatic rings. The molecule has 3 N–H and O–H groups in total. The molecule has 0 aromatic carbocycles. The number of rotatable bonds is 0. The van der Waals surface area contributed by atoms with Crippen molar-refractivity contribution in [3.8, 4) is 0 Å². The minimum Gasteiger partial charge on any atom is -0.351 e. The summed E-state index contributed by atoms with van der Waals surface area (Å²) >= 11 is 0. The molecule has 0 unspecified atom stereocenters. The second-order valence-corrected chi connectivity index (χ2v) is 1.52. The van der Waals surface area contributed by atoms with Crippen molar-refractivity contribution in [1.29, 1.82) is 0 Å². The van der Waals surface area contributed by atoms with Crippen LogP contribution in [0.15, 0.2) is 18.7 Å². The van der Waals surface area contributed by atoms with E-state index in [4.69, 9.17) is 14.4 Å². The van der Waals surface area contributed by atoms with Crippen LogP contribution in [0.25, 0.3) is 0 Å². The van der Waals surface area contributed by atoms with E-state index >= 15 is 0 Å². The van der Waals surface area contributed by atoms with Gasteiger partial charge in [-0.3, -0.25) is 0 Å². The summed E-state index contributed by atoms with van der Waals surface area (Å²) in [4.78, 5) is 20.7. The largest absolute Gasteiger partial charge is 0.692 e. The molecule has 0 saturated carbocycles. The molecule has 0 saturated heterocycles. The van der Waals surface area contributed by atoms with E-state index in [2.05, 4.69) is 9.97 Å². The van der Waals surface area contributed by atoms with E-state index in [1.807, 2.05) is 0 Å². The third-order valence-corrected chi connectivity index (χ3v) is 0.406. The minimum atomic E-state index is -2.87. The van der Waals surface area contributed by atoms with Crippen LogP contribution in [0.4, 0.5) is 0 Å². The van der Waals surface area contributed by atoms with Gasteiger partial charge in [-0.1, -0.05) is 0 Å². The van der Waals surface area contributed by atoms with Gasteiger partial charge in [0.1, 0.15) is 0 Å². The van der Waals surface area contributed by atoms with Crippen molar-refractivity contribution in [2.75, 3.05) is 0 Å². The lowest BCUT2D eigenvalue weighted by molar-refractivity contribution is 0.405. The van der Waals surface area contributed by atoms with E-state index in [0.717, 1.165) is 0 Å². The molecule has 1 heterocycles. The third kappa shape index (κ3) is 15.6. The second-order valence-electron chi connectivity index (χ2n) is 1.01. The first kappa shape index (κ1) is 12.2. The maximum absolute atomic E-state index is 8.70. The second kappa shape index (κ2) is 8.52. The molecular weight excluding hydrogens is 178 g/mol. The van der Waals surface area contributed by atoms with Gasteiger partial charge in [0, 0.05) is 17.0 Å². The van der Waals surface area contributed by atoms with Gasteiger partial charge in [0.05, 0.1) is 6.33 Å². The van der Waals surface area contributed by atoms with Crippen molar-refractivity contribution < 1.29 is 14.4 Å². The first-order chi connectivity index (χ1) is 4.23. The minimum absolute atomic E-state index is 0. The Morgan fingerprint density at radius 2 is 2.00 bits per heavy atom. The van der Waals surface area contributed by atoms with Crippen LogP contribution in [0.2, 0.25) is 0 Å². The van der Waals surface area contributed by atoms with Crippen LogP contribution in [0, 0.1) is 0 Å². The van der Waals surface area contributed by atoms with E-state index in [1.54, 1.807) is 18.7 Å². The van der Waals surface area contributed by atoms with Crippen molar-refractivity contribution in [2.24, 2.45) is 0 Å². The number of H-pyrrole nitrogens is 1. The molecule has 0 aliphatic carbocycles. The Kier molecular flexibility index (Phi) is 10.4. The maximum atomic E-state index is 8.70. The zero-order valence-electron chi connectivity index (χ0n) is 4.84. The monoisotopic (exact) mass is 185 g/mol. The number of halogens is 1. The summed E-state index contributed by atoms with van der Waals surface area (Å²) in [6.45, 7) is 0. The van der Waals surface area contributed by atoms with Crippen molar-refractivity contribution >= 4 is 20.7 Å². The van der Waals surface area contributed by atoms with Gasteiger partial charge in [0.2, 0.25) is 0 Å². The Bertz CT molecular complexity index is 136. The number of aromatic amines is 1. The maximum Gasteiger partial charge on any atom is 0.692 e. The standard InChI is InChI=1S/C3H4N2.ClH.HO3P/c1-2-5-3-4-1;;1-4(2)3/h1-3H,(H,4,5);1H;(H-,1,2,3)/p+1. The molecule has 1 rings (SSSR count). The number of hydrogen-bond donors (Lipinski definition) is 3. The van der Waals surface area contributed by atoms with Crippen molar-refractivity contribution in [3.63, 3.8) is 0 Å². The molecule has 0 fully saturated rings. The Morgan fingerprint density at radius 3 is 2.10 bits per heavy atom. The van der Waals surface area contributed by atoms with E-state index in [-0.39, 0.29) is 12.4 Å². The van der Waals surface area contributed by atoms with Crippen molar-refractivity contribution in [2.45, 2.75) is 0 Å². The van der Waals surface area contributed by atoms with Crippen LogP contribution in [0.3, 0.4) is 0 Å². The number of nitrogens with zero attached hydrogens (tertiary/aromatic N) is 1. The number of aromatic nitrogens is 2. The Labute approximate surface area is 64.5 Å². The summed E-state index contributed by atoms with van der Waals surface area (Å²) in [6, 6.07) is 0. The number of imidazole rings is 1. The highest BCUT2D eigenvalue weighted by Gasteiger charge is 1.93. The first-order valence-electron chi connectivity index (χ1n) is 2.01. The summed E-state index contributed by atoms with van der Waals surface area (Å²) < 4.78 is 8.70. The van der Waals surface area contributed by atoms with E-state index in [1.165, 1.54) is 0 Å². The lowest BCUT2D eigenvalue weighted by atomic mass is 11.0. The highest BCUT2D eigenvalue weighted by molar-refractivity contribution is 7.30. The zero-order chi connectivity index (χ0) is 7.11. The van der Waals surface area contributed by atoms with Gasteiger partial charge in [-0.25, -0.2) is 4.98 Å². The summed E-state index contributed by atoms with van der Waals surface area (Å²) in [6.07, 6.45) is 5.08. The first-order valence-corrected chi connectivity index (χ1v) is 3.17. The smallest absolute Gasteiger partial charge is 0.351 e. The molecular formula is C3H7ClN2O3P+. The van der Waals surface area contributed by atoms with Gasteiger partial charge >= 0.3 is 8.25 Å². The summed E-state index contributed by atoms with van der Waals surface area (Å²) in [5.74, 6) is 0. The predicted molar refractivity (Wildman–Crippen MR) is 37.9 cm³/mol. The van der Waals surface area contributed by atoms with Crippen LogP contribution < -0.4 is 0 Å². The number of hydrogen-bond acceptors (Lipinski definition) is 2. The molecule has 0 spiro atoms. The highest BCUT2D eigenvalue weighted by atomic mass is 35.5. The van der Waals surface area contributed by atoms with Crippen molar-refractivity contribution in [1.82, 2.24) is 9.97 Å². The van der Waals surface area contributed by atoms with E-state index < -0.39 is 8.25 Å². The van der Waals surface area contributed by atoms with Gasteiger partial charge in [-0.05, 0) is 0 Å². The van der Waals surface area contributed by atoms with Crippen molar-refractivity contribution in [3.05, 3.63) is 18.7 Å². The molecule has 0 amide bonds. The molecule has 0 aliphatic heterocycles. The lowest BCUT2D eigenvalue weighted by Crippen LogP contribution is -1.44. The zero-order valence-corrected chi connectivity index (χ0v) is 6.55. The topological polar surface area (TPSA) is 86.2 Å². The average Bonchev–Trinajstić information content (AvgIpc) is 2.11. The van der Waals surface area contributed by atoms with E-state index in [9.17, 15) is 0 Å². The number of nitrogens with one attached hydrogen (secondary N) is 1. The normalized spacial score (nSPS) is 6.60. The van der Waals surface area contributed by atoms with Gasteiger partial charge in [0.15, 0.2) is 0 Å². The average molecular weight is 186 g/mol. The van der Waals surface area contributed by atoms with Gasteiger partial charge in [-0.15, -0.1) is 22.2 Å². The van der Waals surface area contributed by atoms with Crippen LogP contribution in [-0.2, 0) is 4.57 Å². The van der Waals surface area contributed by atoms with Gasteiger partial charge in [-0.2, -0.15) is 0 Å². The fourth-order valence-electron chi connectivity index (χ4n) is 0.215. The Morgan fingerprint density at radius 1 is 1.50 bits per heavy atom. The summed E-state index contributed by atoms with van der Waals surface area (Å²) in [5.41, 5.74) is 0. The predicted octanol–water partition coefficient (Wildman–Crippen LogP) is 0.460. The van der Waals surface area contributed by atoms with Crippen LogP contribution in [0.5, 0.6) is 0 Å². The van der Waals surface area contributed by atoms with Crippen LogP contribution >= 0.6 is 20.7 Å². The fraction of sp³-hybridized carbons (Fsp3) is 0. The molecule has 10 heavy (non-hydrogen) atoms. The van der Waals surface area contributed by atoms with E-state index in [0.29, 0.717) is 0 Å². The molecule has 1 aromatic rings. The Hall–Kier alpha value is -0.480. The SMILES string of the molecule is Cl.O=[P+](O)O.c1c[nH]cn1.